The molecule has 0 N–H and O–H groups in total. The quantitative estimate of drug-likeness (QED) is 0.715. The van der Waals surface area contributed by atoms with Crippen LogP contribution in [0.2, 0.25) is 0 Å². The number of pyridine rings is 1. The molecule has 1 aromatic carbocycles. The van der Waals surface area contributed by atoms with Gasteiger partial charge < -0.3 is 0 Å². The van der Waals surface area contributed by atoms with E-state index in [1.165, 1.54) is 16.7 Å². The summed E-state index contributed by atoms with van der Waals surface area (Å²) >= 11 is 3.66. The first-order valence-corrected chi connectivity index (χ1v) is 7.75. The van der Waals surface area contributed by atoms with Gasteiger partial charge in [0.05, 0.1) is 11.4 Å². The maximum Gasteiger partial charge on any atom is 0.0723 e. The molecule has 0 bridgehead atoms. The molecule has 2 heterocycles. The van der Waals surface area contributed by atoms with Crippen LogP contribution in [0.4, 0.5) is 5.69 Å². The van der Waals surface area contributed by atoms with Gasteiger partial charge in [-0.3, -0.25) is 9.98 Å². The number of fused-ring (bicyclic) bond motifs is 3. The highest BCUT2D eigenvalue weighted by molar-refractivity contribution is 9.10. The van der Waals surface area contributed by atoms with E-state index in [9.17, 15) is 0 Å². The molecule has 1 aliphatic heterocycles. The molecule has 2 aromatic rings. The second-order valence-corrected chi connectivity index (χ2v) is 6.20. The normalized spacial score (nSPS) is 19.3. The average Bonchev–Trinajstić information content (AvgIpc) is 2.89. The highest BCUT2D eigenvalue weighted by Gasteiger charge is 2.29. The van der Waals surface area contributed by atoms with Crippen molar-refractivity contribution < 1.29 is 0 Å². The molecule has 1 unspecified atom stereocenters. The molecule has 1 aliphatic carbocycles. The van der Waals surface area contributed by atoms with Crippen LogP contribution in [0.25, 0.3) is 11.1 Å². The van der Waals surface area contributed by atoms with Crippen LogP contribution < -0.4 is 0 Å². The van der Waals surface area contributed by atoms with E-state index in [2.05, 4.69) is 58.2 Å². The fraction of sp³-hybridized carbons (Fsp3) is 0.111. The van der Waals surface area contributed by atoms with Crippen LogP contribution >= 0.6 is 15.9 Å². The third-order valence-corrected chi connectivity index (χ3v) is 4.59. The Labute approximate surface area is 132 Å². The molecular weight excluding hydrogens is 324 g/mol. The number of rotatable bonds is 1. The minimum atomic E-state index is 0.305. The van der Waals surface area contributed by atoms with Crippen LogP contribution in [0.3, 0.4) is 0 Å². The third-order valence-electron chi connectivity index (χ3n) is 3.93. The van der Waals surface area contributed by atoms with Crippen molar-refractivity contribution in [1.29, 1.82) is 0 Å². The molecule has 0 spiro atoms. The first-order chi connectivity index (χ1) is 10.2. The third kappa shape index (κ3) is 2.00. The fourth-order valence-electron chi connectivity index (χ4n) is 2.95. The Kier molecular flexibility index (Phi) is 2.89. The van der Waals surface area contributed by atoms with Crippen molar-refractivity contribution in [3.8, 4) is 0 Å². The number of benzene rings is 1. The van der Waals surface area contributed by atoms with Gasteiger partial charge in [-0.1, -0.05) is 41.1 Å². The van der Waals surface area contributed by atoms with Crippen LogP contribution in [-0.4, -0.2) is 10.7 Å². The van der Waals surface area contributed by atoms with E-state index in [-0.39, 0.29) is 0 Å². The van der Waals surface area contributed by atoms with E-state index in [0.717, 1.165) is 21.4 Å². The van der Waals surface area contributed by atoms with Gasteiger partial charge >= 0.3 is 0 Å². The second kappa shape index (κ2) is 4.78. The summed E-state index contributed by atoms with van der Waals surface area (Å²) in [7, 11) is 0. The van der Waals surface area contributed by atoms with E-state index in [4.69, 9.17) is 4.99 Å². The first-order valence-electron chi connectivity index (χ1n) is 6.96. The summed E-state index contributed by atoms with van der Waals surface area (Å²) in [6.45, 7) is 2.20. The molecule has 1 atom stereocenters. The van der Waals surface area contributed by atoms with Crippen molar-refractivity contribution in [2.24, 2.45) is 10.9 Å². The molecular formula is C18H13BrN2. The number of halogens is 1. The van der Waals surface area contributed by atoms with Crippen molar-refractivity contribution in [3.05, 3.63) is 70.5 Å². The van der Waals surface area contributed by atoms with Gasteiger partial charge in [0.2, 0.25) is 0 Å². The summed E-state index contributed by atoms with van der Waals surface area (Å²) < 4.78 is 1.10. The van der Waals surface area contributed by atoms with E-state index in [1.54, 1.807) is 6.20 Å². The van der Waals surface area contributed by atoms with Crippen molar-refractivity contribution >= 4 is 38.5 Å². The maximum absolute atomic E-state index is 4.80. The Morgan fingerprint density at radius 2 is 2.05 bits per heavy atom. The summed E-state index contributed by atoms with van der Waals surface area (Å²) in [6.07, 6.45) is 8.21. The number of nitrogens with zero attached hydrogens (tertiary/aromatic N) is 2. The monoisotopic (exact) mass is 336 g/mol. The zero-order chi connectivity index (χ0) is 14.4. The molecule has 0 amide bonds. The van der Waals surface area contributed by atoms with E-state index in [0.29, 0.717) is 5.92 Å². The zero-order valence-corrected chi connectivity index (χ0v) is 13.1. The molecule has 1 aromatic heterocycles. The van der Waals surface area contributed by atoms with Gasteiger partial charge in [-0.15, -0.1) is 0 Å². The van der Waals surface area contributed by atoms with E-state index >= 15 is 0 Å². The lowest BCUT2D eigenvalue weighted by Gasteiger charge is -2.18. The predicted octanol–water partition coefficient (Wildman–Crippen LogP) is 5.05. The summed E-state index contributed by atoms with van der Waals surface area (Å²) in [4.78, 5) is 9.02. The lowest BCUT2D eigenvalue weighted by Crippen LogP contribution is -2.12. The van der Waals surface area contributed by atoms with Gasteiger partial charge in [-0.25, -0.2) is 0 Å². The lowest BCUT2D eigenvalue weighted by atomic mass is 9.85. The van der Waals surface area contributed by atoms with Gasteiger partial charge in [0, 0.05) is 33.9 Å². The summed E-state index contributed by atoms with van der Waals surface area (Å²) in [6, 6.07) is 10.3. The molecule has 0 saturated heterocycles. The molecule has 0 radical (unpaired) electrons. The van der Waals surface area contributed by atoms with Gasteiger partial charge in [-0.2, -0.15) is 0 Å². The summed E-state index contributed by atoms with van der Waals surface area (Å²) in [5.74, 6) is 0.305. The number of aromatic nitrogens is 1. The molecule has 4 rings (SSSR count). The van der Waals surface area contributed by atoms with Crippen LogP contribution in [-0.2, 0) is 0 Å². The zero-order valence-electron chi connectivity index (χ0n) is 11.5. The molecule has 102 valence electrons. The van der Waals surface area contributed by atoms with E-state index < -0.39 is 0 Å². The Morgan fingerprint density at radius 1 is 1.14 bits per heavy atom. The smallest absolute Gasteiger partial charge is 0.0723 e. The lowest BCUT2D eigenvalue weighted by molar-refractivity contribution is 1.01. The first kappa shape index (κ1) is 12.7. The van der Waals surface area contributed by atoms with Gasteiger partial charge in [0.15, 0.2) is 0 Å². The highest BCUT2D eigenvalue weighted by atomic mass is 79.9. The van der Waals surface area contributed by atoms with Gasteiger partial charge in [0.1, 0.15) is 0 Å². The topological polar surface area (TPSA) is 25.2 Å². The largest absolute Gasteiger partial charge is 0.264 e. The van der Waals surface area contributed by atoms with Crippen LogP contribution in [0, 0.1) is 5.92 Å². The Hall–Kier alpha value is -2.00. The number of allylic oxidation sites excluding steroid dienone is 4. The second-order valence-electron chi connectivity index (χ2n) is 5.34. The van der Waals surface area contributed by atoms with Crippen LogP contribution in [0.5, 0.6) is 0 Å². The Morgan fingerprint density at radius 3 is 2.86 bits per heavy atom. The number of hydrogen-bond acceptors (Lipinski definition) is 2. The molecule has 2 nitrogen and oxygen atoms in total. The SMILES string of the molecule is CC1C=C(c2cccnc2)C=C2C1=Nc1cccc(Br)c12. The molecule has 2 aliphatic rings. The standard InChI is InChI=1S/C18H13BrN2/c1-11-8-13(12-4-3-7-20-10-12)9-14-17-15(19)5-2-6-16(17)21-18(11)14/h2-11H,1H3. The van der Waals surface area contributed by atoms with Crippen molar-refractivity contribution in [2.75, 3.05) is 0 Å². The Bertz CT molecular complexity index is 816. The number of hydrogen-bond donors (Lipinski definition) is 0. The van der Waals surface area contributed by atoms with Gasteiger partial charge in [-0.05, 0) is 35.4 Å². The predicted molar refractivity (Wildman–Crippen MR) is 90.6 cm³/mol. The van der Waals surface area contributed by atoms with Gasteiger partial charge in [0.25, 0.3) is 0 Å². The van der Waals surface area contributed by atoms with Crippen molar-refractivity contribution in [3.63, 3.8) is 0 Å². The molecule has 21 heavy (non-hydrogen) atoms. The minimum Gasteiger partial charge on any atom is -0.264 e. The average molecular weight is 337 g/mol. The van der Waals surface area contributed by atoms with Crippen molar-refractivity contribution in [2.45, 2.75) is 6.92 Å². The van der Waals surface area contributed by atoms with Crippen LogP contribution in [0.15, 0.2) is 64.3 Å². The summed E-state index contributed by atoms with van der Waals surface area (Å²) in [5.41, 5.74) is 7.01. The number of aliphatic imine (C=N–C) groups is 1. The minimum absolute atomic E-state index is 0.305. The van der Waals surface area contributed by atoms with Crippen molar-refractivity contribution in [1.82, 2.24) is 4.98 Å². The molecule has 0 fully saturated rings. The fourth-order valence-corrected chi connectivity index (χ4v) is 3.52. The van der Waals surface area contributed by atoms with E-state index in [1.807, 2.05) is 18.3 Å². The highest BCUT2D eigenvalue weighted by Crippen LogP contribution is 2.44. The van der Waals surface area contributed by atoms with Crippen LogP contribution in [0.1, 0.15) is 18.1 Å². The Balaban J connectivity index is 1.89. The molecule has 0 saturated carbocycles. The maximum atomic E-state index is 4.80. The molecule has 3 heteroatoms. The summed E-state index contributed by atoms with van der Waals surface area (Å²) in [5, 5.41) is 0.